The van der Waals surface area contributed by atoms with Crippen molar-refractivity contribution in [1.29, 1.82) is 0 Å². The summed E-state index contributed by atoms with van der Waals surface area (Å²) >= 11 is 12.3. The van der Waals surface area contributed by atoms with Crippen LogP contribution in [0.15, 0.2) is 30.3 Å². The monoisotopic (exact) mass is 669 g/mol. The van der Waals surface area contributed by atoms with Crippen LogP contribution in [0.2, 0.25) is 10.0 Å². The van der Waals surface area contributed by atoms with Crippen molar-refractivity contribution in [1.82, 2.24) is 13.9 Å². The summed E-state index contributed by atoms with van der Waals surface area (Å²) in [5.74, 6) is -4.15. The predicted octanol–water partition coefficient (Wildman–Crippen LogP) is 4.77. The smallest absolute Gasteiger partial charge is 0.475 e. The summed E-state index contributed by atoms with van der Waals surface area (Å²) in [6.45, 7) is 3.16. The number of benzene rings is 2. The van der Waals surface area contributed by atoms with E-state index in [1.807, 2.05) is 16.9 Å². The molecule has 2 N–H and O–H groups in total. The van der Waals surface area contributed by atoms with Crippen LogP contribution in [-0.2, 0) is 32.7 Å². The Labute approximate surface area is 255 Å². The van der Waals surface area contributed by atoms with E-state index in [-0.39, 0.29) is 17.6 Å². The zero-order valence-corrected chi connectivity index (χ0v) is 25.0. The van der Waals surface area contributed by atoms with Gasteiger partial charge in [-0.15, -0.1) is 0 Å². The van der Waals surface area contributed by atoms with E-state index in [0.29, 0.717) is 55.8 Å². The van der Waals surface area contributed by atoms with Crippen molar-refractivity contribution in [2.45, 2.75) is 50.4 Å². The number of carbonyl (C=O) groups is 2. The number of carboxylic acids is 1. The Morgan fingerprint density at radius 3 is 2.21 bits per heavy atom. The summed E-state index contributed by atoms with van der Waals surface area (Å²) < 4.78 is 80.6. The molecule has 2 aromatic carbocycles. The molecule has 1 unspecified atom stereocenters. The molecule has 5 rings (SSSR count). The van der Waals surface area contributed by atoms with E-state index in [0.717, 1.165) is 36.0 Å². The van der Waals surface area contributed by atoms with Gasteiger partial charge in [0.15, 0.2) is 0 Å². The Morgan fingerprint density at radius 1 is 1.05 bits per heavy atom. The number of morpholine rings is 1. The predicted molar refractivity (Wildman–Crippen MR) is 150 cm³/mol. The number of ether oxygens (including phenoxy) is 1. The molecule has 236 valence electrons. The van der Waals surface area contributed by atoms with Crippen molar-refractivity contribution >= 4 is 45.3 Å². The third-order valence-corrected chi connectivity index (χ3v) is 9.04. The highest BCUT2D eigenvalue weighted by atomic mass is 35.5. The van der Waals surface area contributed by atoms with Crippen molar-refractivity contribution < 1.29 is 45.4 Å². The summed E-state index contributed by atoms with van der Waals surface area (Å²) in [4.78, 5) is 23.8. The Kier molecular flexibility index (Phi) is 10.6. The van der Waals surface area contributed by atoms with E-state index in [2.05, 4.69) is 4.90 Å². The van der Waals surface area contributed by atoms with Gasteiger partial charge >= 0.3 is 22.4 Å². The number of nitrogens with zero attached hydrogens (tertiary/aromatic N) is 2. The largest absolute Gasteiger partial charge is 0.490 e. The van der Waals surface area contributed by atoms with Gasteiger partial charge in [0.2, 0.25) is 0 Å². The molecule has 1 amide bonds. The zero-order chi connectivity index (χ0) is 31.5. The summed E-state index contributed by atoms with van der Waals surface area (Å²) in [5.41, 5.74) is 2.49. The second kappa shape index (κ2) is 13.7. The van der Waals surface area contributed by atoms with Crippen molar-refractivity contribution in [3.63, 3.8) is 0 Å². The lowest BCUT2D eigenvalue weighted by Gasteiger charge is -2.33. The lowest BCUT2D eigenvalue weighted by molar-refractivity contribution is -0.192. The third kappa shape index (κ3) is 9.25. The molecular weight excluding hydrogens is 641 g/mol. The van der Waals surface area contributed by atoms with Crippen LogP contribution in [-0.4, -0.2) is 79.7 Å². The minimum absolute atomic E-state index is 0.0562. The molecule has 3 fully saturated rings. The number of carboxylic acid groups (broad SMARTS) is 1. The summed E-state index contributed by atoms with van der Waals surface area (Å²) in [6.07, 6.45) is -1.80. The maximum Gasteiger partial charge on any atom is 0.490 e. The fourth-order valence-corrected chi connectivity index (χ4v) is 6.54. The third-order valence-electron chi connectivity index (χ3n) is 7.11. The topological polar surface area (TPSA) is 116 Å². The van der Waals surface area contributed by atoms with Gasteiger partial charge in [-0.2, -0.15) is 25.9 Å². The van der Waals surface area contributed by atoms with Gasteiger partial charge in [0.1, 0.15) is 5.82 Å². The van der Waals surface area contributed by atoms with Gasteiger partial charge in [-0.1, -0.05) is 23.2 Å². The lowest BCUT2D eigenvalue weighted by Crippen LogP contribution is -2.49. The van der Waals surface area contributed by atoms with Crippen LogP contribution in [0.3, 0.4) is 0 Å². The van der Waals surface area contributed by atoms with Crippen LogP contribution in [0.5, 0.6) is 0 Å². The Bertz CT molecular complexity index is 1450. The van der Waals surface area contributed by atoms with Gasteiger partial charge in [-0.05, 0) is 78.6 Å². The number of aliphatic carboxylic acids is 1. The van der Waals surface area contributed by atoms with E-state index in [4.69, 9.17) is 37.8 Å². The van der Waals surface area contributed by atoms with Crippen LogP contribution < -0.4 is 4.72 Å². The molecule has 9 nitrogen and oxygen atoms in total. The van der Waals surface area contributed by atoms with Crippen LogP contribution in [0.4, 0.5) is 17.6 Å². The highest BCUT2D eigenvalue weighted by Crippen LogP contribution is 2.43. The van der Waals surface area contributed by atoms with Gasteiger partial charge in [0.05, 0.1) is 18.3 Å². The quantitative estimate of drug-likeness (QED) is 0.389. The molecule has 43 heavy (non-hydrogen) atoms. The highest BCUT2D eigenvalue weighted by molar-refractivity contribution is 7.87. The van der Waals surface area contributed by atoms with Crippen molar-refractivity contribution in [3.05, 3.63) is 68.4 Å². The highest BCUT2D eigenvalue weighted by Gasteiger charge is 2.38. The normalized spacial score (nSPS) is 19.6. The van der Waals surface area contributed by atoms with Gasteiger partial charge < -0.3 is 9.84 Å². The maximum atomic E-state index is 15.1. The fraction of sp³-hybridized carbons (Fsp3) is 0.481. The number of rotatable bonds is 8. The molecule has 1 aliphatic carbocycles. The zero-order valence-electron chi connectivity index (χ0n) is 22.7. The van der Waals surface area contributed by atoms with Gasteiger partial charge in [0.25, 0.3) is 5.91 Å². The lowest BCUT2D eigenvalue weighted by atomic mass is 9.98. The van der Waals surface area contributed by atoms with E-state index in [1.165, 1.54) is 16.4 Å². The maximum absolute atomic E-state index is 15.1. The van der Waals surface area contributed by atoms with Gasteiger partial charge in [-0.3, -0.25) is 9.69 Å². The second-order valence-corrected chi connectivity index (χ2v) is 13.1. The molecule has 2 aliphatic heterocycles. The molecule has 0 radical (unpaired) electrons. The van der Waals surface area contributed by atoms with Gasteiger partial charge in [0, 0.05) is 42.8 Å². The van der Waals surface area contributed by atoms with Crippen LogP contribution >= 0.6 is 23.2 Å². The molecule has 1 atom stereocenters. The number of hydrogen-bond donors (Lipinski definition) is 2. The Balaban J connectivity index is 0.000000541. The van der Waals surface area contributed by atoms with Crippen molar-refractivity contribution in [2.75, 3.05) is 32.8 Å². The number of halogens is 6. The van der Waals surface area contributed by atoms with Crippen LogP contribution in [0.25, 0.3) is 0 Å². The number of carbonyl (C=O) groups excluding carboxylic acids is 1. The minimum atomic E-state index is -5.08. The first kappa shape index (κ1) is 33.4. The van der Waals surface area contributed by atoms with E-state index >= 15 is 4.39 Å². The van der Waals surface area contributed by atoms with Crippen molar-refractivity contribution in [2.24, 2.45) is 0 Å². The minimum Gasteiger partial charge on any atom is -0.475 e. The average Bonchev–Trinajstić information content (AvgIpc) is 3.67. The standard InChI is InChI=1S/C25H28Cl2FN3O4S.C2HF3O2/c26-19-8-16(9-20(27)12-19)10-21-15-30(6-7-35-21)14-18-11-24(28)23(13-22(18)17-2-3-17)25(32)29-36(33,34)31-4-1-5-31;3-2(4,5)1(6)7/h8-9,11-13,17,21H,1-7,10,14-15H2,(H,29,32);(H,6,7). The number of hydrogen-bond acceptors (Lipinski definition) is 6. The summed E-state index contributed by atoms with van der Waals surface area (Å²) in [6, 6.07) is 8.37. The molecule has 1 saturated carbocycles. The van der Waals surface area contributed by atoms with Crippen LogP contribution in [0.1, 0.15) is 52.2 Å². The fourth-order valence-electron chi connectivity index (χ4n) is 4.76. The van der Waals surface area contributed by atoms with E-state index in [9.17, 15) is 26.4 Å². The molecule has 16 heteroatoms. The number of alkyl halides is 3. The van der Waals surface area contributed by atoms with Gasteiger partial charge in [-0.25, -0.2) is 13.9 Å². The number of nitrogens with one attached hydrogen (secondary N) is 1. The molecule has 2 aromatic rings. The number of amides is 1. The average molecular weight is 671 g/mol. The summed E-state index contributed by atoms with van der Waals surface area (Å²) in [7, 11) is -3.95. The molecule has 3 aliphatic rings. The first-order valence-electron chi connectivity index (χ1n) is 13.4. The van der Waals surface area contributed by atoms with E-state index in [1.54, 1.807) is 6.07 Å². The molecular formula is C27H29Cl2F4N3O6S. The first-order chi connectivity index (χ1) is 20.1. The molecule has 0 aromatic heterocycles. The first-order valence-corrected chi connectivity index (χ1v) is 15.6. The Hall–Kier alpha value is -2.49. The van der Waals surface area contributed by atoms with Crippen LogP contribution in [0, 0.1) is 5.82 Å². The second-order valence-electron chi connectivity index (χ2n) is 10.5. The molecule has 2 heterocycles. The van der Waals surface area contributed by atoms with Crippen molar-refractivity contribution in [3.8, 4) is 0 Å². The van der Waals surface area contributed by atoms with E-state index < -0.39 is 34.1 Å². The Morgan fingerprint density at radius 2 is 1.67 bits per heavy atom. The SMILES string of the molecule is O=C(NS(=O)(=O)N1CCC1)c1cc(C2CC2)c(CN2CCOC(Cc3cc(Cl)cc(Cl)c3)C2)cc1F.O=C(O)C(F)(F)F. The summed E-state index contributed by atoms with van der Waals surface area (Å²) in [5, 5.41) is 8.29. The molecule has 2 saturated heterocycles. The molecule has 0 spiro atoms. The molecule has 0 bridgehead atoms.